The molecule has 58 valence electrons. The van der Waals surface area contributed by atoms with Crippen molar-refractivity contribution < 1.29 is 9.59 Å². The third-order valence-electron chi connectivity index (χ3n) is 1.44. The molecule has 1 saturated heterocycles. The lowest BCUT2D eigenvalue weighted by Gasteiger charge is -1.92. The van der Waals surface area contributed by atoms with E-state index in [1.807, 2.05) is 0 Å². The Morgan fingerprint density at radius 1 is 1.45 bits per heavy atom. The Bertz CT molecular complexity index is 276. The van der Waals surface area contributed by atoms with Crippen LogP contribution in [0, 0.1) is 0 Å². The van der Waals surface area contributed by atoms with Crippen LogP contribution < -0.4 is 11.1 Å². The van der Waals surface area contributed by atoms with E-state index in [4.69, 9.17) is 5.73 Å². The summed E-state index contributed by atoms with van der Waals surface area (Å²) < 4.78 is 0. The zero-order valence-electron chi connectivity index (χ0n) is 6.05. The van der Waals surface area contributed by atoms with E-state index in [1.54, 1.807) is 13.0 Å². The van der Waals surface area contributed by atoms with Gasteiger partial charge in [-0.1, -0.05) is 6.08 Å². The van der Waals surface area contributed by atoms with Crippen LogP contribution in [0.5, 0.6) is 0 Å². The number of nitrogens with one attached hydrogen (secondary N) is 1. The second-order valence-electron chi connectivity index (χ2n) is 2.07. The largest absolute Gasteiger partial charge is 0.403 e. The number of ketones is 1. The van der Waals surface area contributed by atoms with Gasteiger partial charge in [-0.15, -0.1) is 0 Å². The second kappa shape index (κ2) is 2.57. The Labute approximate surface area is 63.8 Å². The number of rotatable bonds is 0. The summed E-state index contributed by atoms with van der Waals surface area (Å²) in [5.74, 6) is -1.14. The minimum atomic E-state index is -0.616. The molecule has 0 aromatic heterocycles. The van der Waals surface area contributed by atoms with Gasteiger partial charge in [-0.05, 0) is 6.92 Å². The maximum atomic E-state index is 10.9. The number of hydrogen-bond donors (Lipinski definition) is 2. The molecule has 0 aromatic rings. The molecule has 0 saturated carbocycles. The van der Waals surface area contributed by atoms with Gasteiger partial charge in [-0.25, -0.2) is 0 Å². The molecule has 1 aliphatic heterocycles. The number of allylic oxidation sites excluding steroid dienone is 2. The summed E-state index contributed by atoms with van der Waals surface area (Å²) in [6.45, 7) is 1.68. The molecular formula is C7H8N2O2. The van der Waals surface area contributed by atoms with E-state index in [9.17, 15) is 9.59 Å². The van der Waals surface area contributed by atoms with Gasteiger partial charge in [0.2, 0.25) is 0 Å². The standard InChI is InChI=1S/C7H8N2O2/c1-2-4-5(3-8)9-7(11)6(4)10/h2-3H,8H2,1H3,(H,9,11)/b4-2+,5-3+. The van der Waals surface area contributed by atoms with Gasteiger partial charge < -0.3 is 11.1 Å². The van der Waals surface area contributed by atoms with Crippen LogP contribution in [0.2, 0.25) is 0 Å². The molecule has 0 radical (unpaired) electrons. The first kappa shape index (κ1) is 7.53. The molecule has 3 N–H and O–H groups in total. The van der Waals surface area contributed by atoms with Crippen LogP contribution in [0.15, 0.2) is 23.5 Å². The summed E-state index contributed by atoms with van der Waals surface area (Å²) >= 11 is 0. The minimum absolute atomic E-state index is 0.345. The lowest BCUT2D eigenvalue weighted by atomic mass is 10.2. The number of hydrogen-bond acceptors (Lipinski definition) is 3. The third kappa shape index (κ3) is 1.02. The Hall–Kier alpha value is -1.58. The van der Waals surface area contributed by atoms with Crippen molar-refractivity contribution in [3.63, 3.8) is 0 Å². The lowest BCUT2D eigenvalue weighted by molar-refractivity contribution is -0.133. The van der Waals surface area contributed by atoms with Gasteiger partial charge in [0.25, 0.3) is 11.7 Å². The Kier molecular flexibility index (Phi) is 1.76. The summed E-state index contributed by atoms with van der Waals surface area (Å²) in [5, 5.41) is 2.33. The zero-order chi connectivity index (χ0) is 8.43. The summed E-state index contributed by atoms with van der Waals surface area (Å²) in [4.78, 5) is 21.6. The monoisotopic (exact) mass is 152 g/mol. The van der Waals surface area contributed by atoms with Gasteiger partial charge in [0.05, 0.1) is 5.70 Å². The number of carbonyl (C=O) groups excluding carboxylic acids is 2. The quantitative estimate of drug-likeness (QED) is 0.360. The Morgan fingerprint density at radius 3 is 2.45 bits per heavy atom. The normalized spacial score (nSPS) is 24.8. The predicted octanol–water partition coefficient (Wildman–Crippen LogP) is -0.568. The molecule has 0 atom stereocenters. The fourth-order valence-electron chi connectivity index (χ4n) is 0.909. The number of amides is 1. The summed E-state index contributed by atoms with van der Waals surface area (Å²) in [7, 11) is 0. The minimum Gasteiger partial charge on any atom is -0.403 e. The molecule has 1 rings (SSSR count). The van der Waals surface area contributed by atoms with E-state index in [0.717, 1.165) is 0 Å². The van der Waals surface area contributed by atoms with Crippen LogP contribution >= 0.6 is 0 Å². The molecule has 0 aromatic carbocycles. The van der Waals surface area contributed by atoms with Crippen molar-refractivity contribution in [1.82, 2.24) is 5.32 Å². The van der Waals surface area contributed by atoms with Crippen molar-refractivity contribution in [2.75, 3.05) is 0 Å². The van der Waals surface area contributed by atoms with E-state index in [2.05, 4.69) is 5.32 Å². The SMILES string of the molecule is C/C=C1/C(=O)C(=O)N/C1=C/N. The number of Topliss-reactive ketones (excluding diaryl/α,β-unsaturated/α-hetero) is 1. The highest BCUT2D eigenvalue weighted by Gasteiger charge is 2.29. The maximum absolute atomic E-state index is 10.9. The van der Waals surface area contributed by atoms with Crippen LogP contribution in [0.25, 0.3) is 0 Å². The molecular weight excluding hydrogens is 144 g/mol. The predicted molar refractivity (Wildman–Crippen MR) is 39.2 cm³/mol. The van der Waals surface area contributed by atoms with E-state index in [0.29, 0.717) is 11.3 Å². The van der Waals surface area contributed by atoms with Crippen LogP contribution in [0.3, 0.4) is 0 Å². The third-order valence-corrected chi connectivity index (χ3v) is 1.44. The smallest absolute Gasteiger partial charge is 0.296 e. The molecule has 0 spiro atoms. The zero-order valence-corrected chi connectivity index (χ0v) is 6.05. The maximum Gasteiger partial charge on any atom is 0.296 e. The van der Waals surface area contributed by atoms with E-state index < -0.39 is 11.7 Å². The van der Waals surface area contributed by atoms with Gasteiger partial charge in [0.1, 0.15) is 0 Å². The molecule has 1 amide bonds. The molecule has 1 fully saturated rings. The highest BCUT2D eigenvalue weighted by atomic mass is 16.2. The Balaban J connectivity index is 3.11. The average Bonchev–Trinajstić information content (AvgIpc) is 2.28. The van der Waals surface area contributed by atoms with Crippen LogP contribution in [0.4, 0.5) is 0 Å². The van der Waals surface area contributed by atoms with Crippen molar-refractivity contribution in [3.8, 4) is 0 Å². The fraction of sp³-hybridized carbons (Fsp3) is 0.143. The lowest BCUT2D eigenvalue weighted by Crippen LogP contribution is -2.18. The molecule has 4 nitrogen and oxygen atoms in total. The topological polar surface area (TPSA) is 72.2 Å². The first-order valence-electron chi connectivity index (χ1n) is 3.15. The molecule has 0 bridgehead atoms. The van der Waals surface area contributed by atoms with E-state index in [1.165, 1.54) is 6.20 Å². The first-order chi connectivity index (χ1) is 5.20. The molecule has 1 heterocycles. The van der Waals surface area contributed by atoms with E-state index in [-0.39, 0.29) is 0 Å². The summed E-state index contributed by atoms with van der Waals surface area (Å²) in [6.07, 6.45) is 2.76. The summed E-state index contributed by atoms with van der Waals surface area (Å²) in [6, 6.07) is 0. The van der Waals surface area contributed by atoms with Crippen LogP contribution in [-0.2, 0) is 9.59 Å². The number of carbonyl (C=O) groups is 2. The van der Waals surface area contributed by atoms with Crippen LogP contribution in [-0.4, -0.2) is 11.7 Å². The second-order valence-corrected chi connectivity index (χ2v) is 2.07. The van der Waals surface area contributed by atoms with Gasteiger partial charge in [0.15, 0.2) is 0 Å². The van der Waals surface area contributed by atoms with E-state index >= 15 is 0 Å². The highest BCUT2D eigenvalue weighted by molar-refractivity contribution is 6.47. The summed E-state index contributed by atoms with van der Waals surface area (Å²) in [5.41, 5.74) is 5.89. The number of nitrogens with two attached hydrogens (primary N) is 1. The molecule has 0 unspecified atom stereocenters. The molecule has 0 aliphatic carbocycles. The van der Waals surface area contributed by atoms with Gasteiger partial charge in [-0.3, -0.25) is 9.59 Å². The van der Waals surface area contributed by atoms with Crippen molar-refractivity contribution in [3.05, 3.63) is 23.5 Å². The average molecular weight is 152 g/mol. The highest BCUT2D eigenvalue weighted by Crippen LogP contribution is 2.13. The van der Waals surface area contributed by atoms with Crippen molar-refractivity contribution in [2.45, 2.75) is 6.92 Å². The van der Waals surface area contributed by atoms with Crippen molar-refractivity contribution in [2.24, 2.45) is 5.73 Å². The van der Waals surface area contributed by atoms with Gasteiger partial charge in [-0.2, -0.15) is 0 Å². The van der Waals surface area contributed by atoms with Gasteiger partial charge in [0, 0.05) is 11.8 Å². The van der Waals surface area contributed by atoms with Crippen molar-refractivity contribution in [1.29, 1.82) is 0 Å². The fourth-order valence-corrected chi connectivity index (χ4v) is 0.909. The molecule has 4 heteroatoms. The Morgan fingerprint density at radius 2 is 2.09 bits per heavy atom. The molecule has 1 aliphatic rings. The van der Waals surface area contributed by atoms with Crippen molar-refractivity contribution >= 4 is 11.7 Å². The van der Waals surface area contributed by atoms with Gasteiger partial charge >= 0.3 is 0 Å². The first-order valence-corrected chi connectivity index (χ1v) is 3.15. The van der Waals surface area contributed by atoms with Crippen LogP contribution in [0.1, 0.15) is 6.92 Å². The molecule has 11 heavy (non-hydrogen) atoms.